The van der Waals surface area contributed by atoms with Gasteiger partial charge in [-0.1, -0.05) is 11.6 Å². The topological polar surface area (TPSA) is 63.6 Å². The lowest BCUT2D eigenvalue weighted by Crippen LogP contribution is -2.27. The van der Waals surface area contributed by atoms with Crippen LogP contribution in [0.3, 0.4) is 0 Å². The van der Waals surface area contributed by atoms with Crippen molar-refractivity contribution in [1.29, 1.82) is 0 Å². The summed E-state index contributed by atoms with van der Waals surface area (Å²) in [4.78, 5) is 0.0812. The third kappa shape index (κ3) is 4.69. The van der Waals surface area contributed by atoms with Crippen LogP contribution in [-0.4, -0.2) is 32.0 Å². The summed E-state index contributed by atoms with van der Waals surface area (Å²) in [5.74, 6) is -0.530. The Kier molecular flexibility index (Phi) is 5.39. The van der Waals surface area contributed by atoms with E-state index in [2.05, 4.69) is 0 Å². The molecule has 2 aromatic rings. The zero-order chi connectivity index (χ0) is 16.2. The molecule has 1 N–H and O–H groups in total. The van der Waals surface area contributed by atoms with Gasteiger partial charge in [-0.25, -0.2) is 12.8 Å². The molecular formula is C15H14ClFO4S. The molecule has 0 aliphatic heterocycles. The molecule has 1 atom stereocenters. The molecule has 0 spiro atoms. The Bertz CT molecular complexity index is 714. The Hall–Kier alpha value is -1.63. The summed E-state index contributed by atoms with van der Waals surface area (Å²) < 4.78 is 42.2. The normalized spacial score (nSPS) is 12.9. The third-order valence-electron chi connectivity index (χ3n) is 2.84. The minimum atomic E-state index is -3.64. The lowest BCUT2D eigenvalue weighted by atomic mass is 10.3. The Balaban J connectivity index is 1.94. The number of aliphatic hydroxyl groups excluding tert-OH is 1. The van der Waals surface area contributed by atoms with Gasteiger partial charge in [0.1, 0.15) is 24.3 Å². The van der Waals surface area contributed by atoms with Crippen molar-refractivity contribution < 1.29 is 22.7 Å². The van der Waals surface area contributed by atoms with Crippen molar-refractivity contribution in [3.63, 3.8) is 0 Å². The van der Waals surface area contributed by atoms with Gasteiger partial charge >= 0.3 is 0 Å². The fourth-order valence-electron chi connectivity index (χ4n) is 1.76. The molecular weight excluding hydrogens is 331 g/mol. The van der Waals surface area contributed by atoms with E-state index in [1.807, 2.05) is 0 Å². The van der Waals surface area contributed by atoms with Crippen molar-refractivity contribution in [2.45, 2.75) is 11.0 Å². The first-order chi connectivity index (χ1) is 10.4. The van der Waals surface area contributed by atoms with Crippen molar-refractivity contribution in [3.8, 4) is 5.75 Å². The van der Waals surface area contributed by atoms with E-state index in [0.29, 0.717) is 10.8 Å². The number of hydrogen-bond donors (Lipinski definition) is 1. The van der Waals surface area contributed by atoms with Gasteiger partial charge in [0.05, 0.1) is 10.6 Å². The predicted octanol–water partition coefficient (Wildman–Crippen LogP) is 2.69. The molecule has 118 valence electrons. The van der Waals surface area contributed by atoms with E-state index >= 15 is 0 Å². The Labute approximate surface area is 133 Å². The molecule has 0 aliphatic carbocycles. The smallest absolute Gasteiger partial charge is 0.181 e. The van der Waals surface area contributed by atoms with Crippen LogP contribution in [0.1, 0.15) is 0 Å². The summed E-state index contributed by atoms with van der Waals surface area (Å²) in [5, 5.41) is 10.2. The Morgan fingerprint density at radius 2 is 1.68 bits per heavy atom. The van der Waals surface area contributed by atoms with Crippen LogP contribution in [0.2, 0.25) is 5.02 Å². The molecule has 7 heteroatoms. The second-order valence-corrected chi connectivity index (χ2v) is 7.12. The van der Waals surface area contributed by atoms with Gasteiger partial charge in [0.25, 0.3) is 0 Å². The predicted molar refractivity (Wildman–Crippen MR) is 81.4 cm³/mol. The molecule has 0 aromatic heterocycles. The molecule has 2 rings (SSSR count). The van der Waals surface area contributed by atoms with Gasteiger partial charge in [0.2, 0.25) is 0 Å². The molecule has 0 bridgehead atoms. The van der Waals surface area contributed by atoms with E-state index in [1.54, 1.807) is 0 Å². The van der Waals surface area contributed by atoms with Crippen LogP contribution in [0.15, 0.2) is 53.4 Å². The molecule has 22 heavy (non-hydrogen) atoms. The maximum absolute atomic E-state index is 12.7. The molecule has 1 unspecified atom stereocenters. The molecule has 2 aromatic carbocycles. The number of sulfone groups is 1. The largest absolute Gasteiger partial charge is 0.491 e. The first-order valence-corrected chi connectivity index (χ1v) is 8.44. The molecule has 0 saturated heterocycles. The zero-order valence-electron chi connectivity index (χ0n) is 11.4. The molecule has 0 heterocycles. The summed E-state index contributed by atoms with van der Waals surface area (Å²) >= 11 is 5.71. The van der Waals surface area contributed by atoms with Crippen molar-refractivity contribution in [3.05, 3.63) is 59.4 Å². The van der Waals surface area contributed by atoms with Crippen LogP contribution in [0.25, 0.3) is 0 Å². The number of aliphatic hydroxyl groups is 1. The highest BCUT2D eigenvalue weighted by Gasteiger charge is 2.20. The quantitative estimate of drug-likeness (QED) is 0.875. The van der Waals surface area contributed by atoms with Crippen molar-refractivity contribution in [1.82, 2.24) is 0 Å². The van der Waals surface area contributed by atoms with Crippen LogP contribution < -0.4 is 4.74 Å². The molecule has 0 amide bonds. The van der Waals surface area contributed by atoms with Crippen LogP contribution in [-0.2, 0) is 9.84 Å². The fourth-order valence-corrected chi connectivity index (χ4v) is 3.23. The summed E-state index contributed by atoms with van der Waals surface area (Å²) in [7, 11) is -3.64. The Morgan fingerprint density at radius 1 is 1.09 bits per heavy atom. The second kappa shape index (κ2) is 7.09. The van der Waals surface area contributed by atoms with Gasteiger partial charge in [0.15, 0.2) is 9.84 Å². The van der Waals surface area contributed by atoms with Gasteiger partial charge in [-0.2, -0.15) is 0 Å². The third-order valence-corrected chi connectivity index (χ3v) is 4.91. The number of halogens is 2. The number of hydrogen-bond acceptors (Lipinski definition) is 4. The highest BCUT2D eigenvalue weighted by atomic mass is 35.5. The van der Waals surface area contributed by atoms with Crippen LogP contribution in [0.5, 0.6) is 5.75 Å². The van der Waals surface area contributed by atoms with E-state index in [0.717, 1.165) is 0 Å². The van der Waals surface area contributed by atoms with Crippen LogP contribution >= 0.6 is 11.6 Å². The lowest BCUT2D eigenvalue weighted by molar-refractivity contribution is 0.125. The summed E-state index contributed by atoms with van der Waals surface area (Å²) in [6, 6.07) is 10.9. The first-order valence-electron chi connectivity index (χ1n) is 6.41. The van der Waals surface area contributed by atoms with Crippen LogP contribution in [0, 0.1) is 5.82 Å². The van der Waals surface area contributed by atoms with Crippen molar-refractivity contribution >= 4 is 21.4 Å². The van der Waals surface area contributed by atoms with Crippen molar-refractivity contribution in [2.75, 3.05) is 12.4 Å². The summed E-state index contributed by atoms with van der Waals surface area (Å²) in [6.45, 7) is -0.210. The van der Waals surface area contributed by atoms with Gasteiger partial charge in [-0.15, -0.1) is 0 Å². The van der Waals surface area contributed by atoms with Crippen molar-refractivity contribution in [2.24, 2.45) is 0 Å². The lowest BCUT2D eigenvalue weighted by Gasteiger charge is -2.13. The summed E-state index contributed by atoms with van der Waals surface area (Å²) in [6.07, 6.45) is -1.20. The van der Waals surface area contributed by atoms with E-state index in [4.69, 9.17) is 16.3 Å². The first kappa shape index (κ1) is 16.7. The van der Waals surface area contributed by atoms with Crippen LogP contribution in [0.4, 0.5) is 4.39 Å². The zero-order valence-corrected chi connectivity index (χ0v) is 13.0. The highest BCUT2D eigenvalue weighted by molar-refractivity contribution is 7.91. The average molecular weight is 345 g/mol. The minimum Gasteiger partial charge on any atom is -0.491 e. The summed E-state index contributed by atoms with van der Waals surface area (Å²) in [5.41, 5.74) is 0. The standard InChI is InChI=1S/C15H14ClFO4S/c16-11-1-7-15(8-2-11)22(19,20)10-13(18)9-21-14-5-3-12(17)4-6-14/h1-8,13,18H,9-10H2. The van der Waals surface area contributed by atoms with Gasteiger partial charge in [0, 0.05) is 5.02 Å². The fraction of sp³-hybridized carbons (Fsp3) is 0.200. The SMILES string of the molecule is O=S(=O)(CC(O)COc1ccc(F)cc1)c1ccc(Cl)cc1. The van der Waals surface area contributed by atoms with Gasteiger partial charge in [-0.05, 0) is 48.5 Å². The maximum Gasteiger partial charge on any atom is 0.181 e. The number of ether oxygens (including phenoxy) is 1. The maximum atomic E-state index is 12.7. The second-order valence-electron chi connectivity index (χ2n) is 4.65. The molecule has 0 aliphatic rings. The van der Waals surface area contributed by atoms with Gasteiger partial charge in [-0.3, -0.25) is 0 Å². The average Bonchev–Trinajstić information content (AvgIpc) is 2.46. The minimum absolute atomic E-state index is 0.0812. The molecule has 0 saturated carbocycles. The van der Waals surface area contributed by atoms with E-state index in [-0.39, 0.29) is 11.5 Å². The molecule has 0 radical (unpaired) electrons. The van der Waals surface area contributed by atoms with Gasteiger partial charge < -0.3 is 9.84 Å². The highest BCUT2D eigenvalue weighted by Crippen LogP contribution is 2.17. The molecule has 4 nitrogen and oxygen atoms in total. The Morgan fingerprint density at radius 3 is 2.27 bits per heavy atom. The van der Waals surface area contributed by atoms with E-state index in [9.17, 15) is 17.9 Å². The monoisotopic (exact) mass is 344 g/mol. The van der Waals surface area contributed by atoms with E-state index in [1.165, 1.54) is 48.5 Å². The number of benzene rings is 2. The number of rotatable bonds is 6. The van der Waals surface area contributed by atoms with E-state index < -0.39 is 27.5 Å². The molecule has 0 fully saturated rings.